The van der Waals surface area contributed by atoms with Crippen molar-refractivity contribution in [1.29, 1.82) is 0 Å². The number of hydrogen-bond acceptors (Lipinski definition) is 2. The number of carbonyl (C=O) groups is 1. The summed E-state index contributed by atoms with van der Waals surface area (Å²) >= 11 is 0. The van der Waals surface area contributed by atoms with Crippen LogP contribution >= 0.6 is 0 Å². The molecule has 1 aliphatic rings. The van der Waals surface area contributed by atoms with E-state index in [0.29, 0.717) is 11.8 Å². The van der Waals surface area contributed by atoms with Gasteiger partial charge in [0.05, 0.1) is 0 Å². The molecule has 3 N–H and O–H groups in total. The highest BCUT2D eigenvalue weighted by Gasteiger charge is 2.22. The van der Waals surface area contributed by atoms with E-state index in [-0.39, 0.29) is 11.6 Å². The van der Waals surface area contributed by atoms with Crippen LogP contribution in [0.25, 0.3) is 0 Å². The third-order valence-corrected chi connectivity index (χ3v) is 3.00. The number of piperidine rings is 1. The van der Waals surface area contributed by atoms with Gasteiger partial charge in [-0.3, -0.25) is 0 Å². The summed E-state index contributed by atoms with van der Waals surface area (Å²) in [6.45, 7) is 11.1. The van der Waals surface area contributed by atoms with E-state index in [4.69, 9.17) is 0 Å². The number of amides is 2. The fraction of sp³-hybridized carbons (Fsp3) is 0.917. The molecule has 0 saturated carbocycles. The second-order valence-electron chi connectivity index (χ2n) is 5.82. The molecule has 0 aromatic carbocycles. The summed E-state index contributed by atoms with van der Waals surface area (Å²) in [4.78, 5) is 11.6. The molecule has 4 nitrogen and oxygen atoms in total. The molecule has 0 aromatic heterocycles. The minimum absolute atomic E-state index is 0.0646. The van der Waals surface area contributed by atoms with Gasteiger partial charge >= 0.3 is 6.03 Å². The maximum absolute atomic E-state index is 11.6. The topological polar surface area (TPSA) is 53.2 Å². The highest BCUT2D eigenvalue weighted by molar-refractivity contribution is 5.74. The number of urea groups is 1. The van der Waals surface area contributed by atoms with Gasteiger partial charge in [-0.15, -0.1) is 0 Å². The Morgan fingerprint density at radius 2 is 2.12 bits per heavy atom. The molecule has 2 atom stereocenters. The Hall–Kier alpha value is -0.770. The van der Waals surface area contributed by atoms with E-state index in [0.717, 1.165) is 19.6 Å². The average molecular weight is 227 g/mol. The Balaban J connectivity index is 2.25. The molecule has 2 unspecified atom stereocenters. The van der Waals surface area contributed by atoms with Crippen LogP contribution < -0.4 is 16.0 Å². The molecule has 16 heavy (non-hydrogen) atoms. The van der Waals surface area contributed by atoms with Crippen molar-refractivity contribution in [2.45, 2.75) is 39.7 Å². The molecule has 1 rings (SSSR count). The number of rotatable bonds is 2. The van der Waals surface area contributed by atoms with Gasteiger partial charge in [-0.25, -0.2) is 4.79 Å². The molecular weight excluding hydrogens is 202 g/mol. The van der Waals surface area contributed by atoms with Crippen LogP contribution in [0.5, 0.6) is 0 Å². The predicted molar refractivity (Wildman–Crippen MR) is 66.4 cm³/mol. The first-order valence-electron chi connectivity index (χ1n) is 6.15. The van der Waals surface area contributed by atoms with Crippen LogP contribution in [-0.4, -0.2) is 31.2 Å². The minimum Gasteiger partial charge on any atom is -0.338 e. The van der Waals surface area contributed by atoms with Crippen molar-refractivity contribution in [3.05, 3.63) is 0 Å². The maximum atomic E-state index is 11.6. The Morgan fingerprint density at radius 1 is 1.44 bits per heavy atom. The Kier molecular flexibility index (Phi) is 4.59. The van der Waals surface area contributed by atoms with Crippen LogP contribution in [0.3, 0.4) is 0 Å². The number of hydrogen-bond donors (Lipinski definition) is 3. The lowest BCUT2D eigenvalue weighted by Gasteiger charge is -2.30. The lowest BCUT2D eigenvalue weighted by atomic mass is 9.88. The lowest BCUT2D eigenvalue weighted by Crippen LogP contribution is -2.49. The molecule has 1 heterocycles. The highest BCUT2D eigenvalue weighted by atomic mass is 16.2. The molecule has 0 bridgehead atoms. The third-order valence-electron chi connectivity index (χ3n) is 3.00. The van der Waals surface area contributed by atoms with Crippen LogP contribution in [0.1, 0.15) is 34.1 Å². The van der Waals surface area contributed by atoms with Gasteiger partial charge in [0.25, 0.3) is 0 Å². The Labute approximate surface area is 98.6 Å². The molecule has 1 aliphatic heterocycles. The SMILES string of the molecule is CC1CCNCC1CNC(=O)NC(C)(C)C. The molecule has 1 fully saturated rings. The van der Waals surface area contributed by atoms with Gasteiger partial charge in [-0.2, -0.15) is 0 Å². The van der Waals surface area contributed by atoms with Crippen LogP contribution in [-0.2, 0) is 0 Å². The monoisotopic (exact) mass is 227 g/mol. The summed E-state index contributed by atoms with van der Waals surface area (Å²) in [5.74, 6) is 1.25. The maximum Gasteiger partial charge on any atom is 0.315 e. The average Bonchev–Trinajstić information content (AvgIpc) is 2.14. The standard InChI is InChI=1S/C12H25N3O/c1-9-5-6-13-7-10(9)8-14-11(16)15-12(2,3)4/h9-10,13H,5-8H2,1-4H3,(H2,14,15,16). The van der Waals surface area contributed by atoms with Crippen molar-refractivity contribution in [3.8, 4) is 0 Å². The number of nitrogens with one attached hydrogen (secondary N) is 3. The molecule has 0 radical (unpaired) electrons. The Bertz CT molecular complexity index is 235. The largest absolute Gasteiger partial charge is 0.338 e. The smallest absolute Gasteiger partial charge is 0.315 e. The first kappa shape index (κ1) is 13.3. The van der Waals surface area contributed by atoms with E-state index >= 15 is 0 Å². The van der Waals surface area contributed by atoms with E-state index in [9.17, 15) is 4.79 Å². The van der Waals surface area contributed by atoms with Crippen molar-refractivity contribution in [1.82, 2.24) is 16.0 Å². The van der Waals surface area contributed by atoms with Crippen LogP contribution in [0.15, 0.2) is 0 Å². The molecule has 2 amide bonds. The first-order valence-corrected chi connectivity index (χ1v) is 6.15. The van der Waals surface area contributed by atoms with Crippen molar-refractivity contribution in [2.75, 3.05) is 19.6 Å². The van der Waals surface area contributed by atoms with Crippen molar-refractivity contribution >= 4 is 6.03 Å². The second-order valence-corrected chi connectivity index (χ2v) is 5.82. The fourth-order valence-electron chi connectivity index (χ4n) is 1.94. The summed E-state index contributed by atoms with van der Waals surface area (Å²) in [5.41, 5.74) is -0.166. The van der Waals surface area contributed by atoms with Gasteiger partial charge in [0.2, 0.25) is 0 Å². The summed E-state index contributed by atoms with van der Waals surface area (Å²) in [5, 5.41) is 9.22. The zero-order chi connectivity index (χ0) is 12.2. The van der Waals surface area contributed by atoms with Gasteiger partial charge in [0, 0.05) is 12.1 Å². The van der Waals surface area contributed by atoms with Gasteiger partial charge in [0.1, 0.15) is 0 Å². The van der Waals surface area contributed by atoms with Crippen LogP contribution in [0.4, 0.5) is 4.79 Å². The summed E-state index contributed by atoms with van der Waals surface area (Å²) in [7, 11) is 0. The van der Waals surface area contributed by atoms with E-state index < -0.39 is 0 Å². The molecule has 0 aromatic rings. The molecule has 4 heteroatoms. The van der Waals surface area contributed by atoms with Gasteiger partial charge < -0.3 is 16.0 Å². The number of carbonyl (C=O) groups excluding carboxylic acids is 1. The first-order chi connectivity index (χ1) is 7.38. The third kappa shape index (κ3) is 4.84. The normalized spacial score (nSPS) is 26.2. The van der Waals surface area contributed by atoms with Crippen molar-refractivity contribution in [2.24, 2.45) is 11.8 Å². The molecule has 0 spiro atoms. The molecule has 0 aliphatic carbocycles. The zero-order valence-corrected chi connectivity index (χ0v) is 10.9. The predicted octanol–water partition coefficient (Wildman–Crippen LogP) is 1.33. The summed E-state index contributed by atoms with van der Waals surface area (Å²) in [6, 6.07) is -0.0646. The van der Waals surface area contributed by atoms with E-state index in [1.165, 1.54) is 6.42 Å². The van der Waals surface area contributed by atoms with E-state index in [2.05, 4.69) is 22.9 Å². The van der Waals surface area contributed by atoms with Crippen molar-refractivity contribution < 1.29 is 4.79 Å². The second kappa shape index (κ2) is 5.53. The quantitative estimate of drug-likeness (QED) is 0.666. The summed E-state index contributed by atoms with van der Waals surface area (Å²) < 4.78 is 0. The molecule has 1 saturated heterocycles. The van der Waals surface area contributed by atoms with Crippen LogP contribution in [0, 0.1) is 11.8 Å². The Morgan fingerprint density at radius 3 is 2.69 bits per heavy atom. The van der Waals surface area contributed by atoms with E-state index in [1.54, 1.807) is 0 Å². The molecule has 94 valence electrons. The highest BCUT2D eigenvalue weighted by Crippen LogP contribution is 2.17. The van der Waals surface area contributed by atoms with Gasteiger partial charge in [-0.1, -0.05) is 6.92 Å². The zero-order valence-electron chi connectivity index (χ0n) is 10.9. The lowest BCUT2D eigenvalue weighted by molar-refractivity contribution is 0.221. The molecular formula is C12H25N3O. The summed E-state index contributed by atoms with van der Waals surface area (Å²) in [6.07, 6.45) is 1.20. The van der Waals surface area contributed by atoms with E-state index in [1.807, 2.05) is 20.8 Å². The van der Waals surface area contributed by atoms with Gasteiger partial charge in [-0.05, 0) is 52.1 Å². The van der Waals surface area contributed by atoms with Gasteiger partial charge in [0.15, 0.2) is 0 Å². The fourth-order valence-corrected chi connectivity index (χ4v) is 1.94. The van der Waals surface area contributed by atoms with Crippen LogP contribution in [0.2, 0.25) is 0 Å². The van der Waals surface area contributed by atoms with Crippen molar-refractivity contribution in [3.63, 3.8) is 0 Å². The minimum atomic E-state index is -0.166.